The third-order valence-electron chi connectivity index (χ3n) is 2.81. The van der Waals surface area contributed by atoms with E-state index in [4.69, 9.17) is 5.73 Å². The van der Waals surface area contributed by atoms with Crippen LogP contribution in [0.15, 0.2) is 58.3 Å². The minimum Gasteiger partial charge on any atom is -0.324 e. The van der Waals surface area contributed by atoms with Gasteiger partial charge in [0, 0.05) is 15.8 Å². The Hall–Kier alpha value is -1.32. The van der Waals surface area contributed by atoms with Gasteiger partial charge in [-0.05, 0) is 30.2 Å². The van der Waals surface area contributed by atoms with Crippen LogP contribution in [-0.4, -0.2) is 0 Å². The van der Waals surface area contributed by atoms with E-state index in [1.807, 2.05) is 30.3 Å². The van der Waals surface area contributed by atoms with Crippen molar-refractivity contribution in [1.29, 1.82) is 0 Å². The topological polar surface area (TPSA) is 26.0 Å². The van der Waals surface area contributed by atoms with Gasteiger partial charge in [0.15, 0.2) is 0 Å². The van der Waals surface area contributed by atoms with Gasteiger partial charge in [-0.2, -0.15) is 0 Å². The molecule has 0 aliphatic rings. The Labute approximate surface area is 111 Å². The average molecular weight is 261 g/mol. The Kier molecular flexibility index (Phi) is 4.39. The van der Waals surface area contributed by atoms with Crippen LogP contribution in [-0.2, 0) is 0 Å². The number of hydrogen-bond donors (Lipinski definition) is 1. The summed E-state index contributed by atoms with van der Waals surface area (Å²) in [5.74, 6) is -0.192. The molecule has 2 rings (SSSR count). The van der Waals surface area contributed by atoms with Crippen LogP contribution < -0.4 is 5.73 Å². The Morgan fingerprint density at radius 3 is 2.33 bits per heavy atom. The van der Waals surface area contributed by atoms with Crippen LogP contribution in [0.2, 0.25) is 0 Å². The molecule has 2 aromatic carbocycles. The monoisotopic (exact) mass is 261 g/mol. The lowest BCUT2D eigenvalue weighted by Gasteiger charge is -2.14. The summed E-state index contributed by atoms with van der Waals surface area (Å²) in [7, 11) is 0. The molecule has 0 fully saturated rings. The van der Waals surface area contributed by atoms with E-state index in [0.717, 1.165) is 16.9 Å². The predicted octanol–water partition coefficient (Wildman–Crippen LogP) is 4.39. The molecule has 0 spiro atoms. The second kappa shape index (κ2) is 6.03. The number of nitrogens with two attached hydrogens (primary N) is 1. The molecular weight excluding hydrogens is 245 g/mol. The molecule has 0 saturated carbocycles. The smallest absolute Gasteiger partial charge is 0.137 e. The highest BCUT2D eigenvalue weighted by atomic mass is 32.2. The van der Waals surface area contributed by atoms with Crippen LogP contribution in [0.25, 0.3) is 0 Å². The Balaban J connectivity index is 2.32. The molecule has 1 atom stereocenters. The molecule has 0 amide bonds. The first-order valence-electron chi connectivity index (χ1n) is 5.99. The molecule has 0 unspecified atom stereocenters. The lowest BCUT2D eigenvalue weighted by Crippen LogP contribution is -2.09. The van der Waals surface area contributed by atoms with Gasteiger partial charge in [0.05, 0.1) is 0 Å². The van der Waals surface area contributed by atoms with E-state index >= 15 is 0 Å². The van der Waals surface area contributed by atoms with Gasteiger partial charge >= 0.3 is 0 Å². The maximum Gasteiger partial charge on any atom is 0.137 e. The molecular formula is C15H16FNS. The van der Waals surface area contributed by atoms with Gasteiger partial charge in [-0.3, -0.25) is 0 Å². The highest BCUT2D eigenvalue weighted by molar-refractivity contribution is 7.99. The molecule has 2 N–H and O–H groups in total. The molecule has 0 heterocycles. The van der Waals surface area contributed by atoms with Crippen LogP contribution in [0, 0.1) is 5.82 Å². The fourth-order valence-corrected chi connectivity index (χ4v) is 2.78. The van der Waals surface area contributed by atoms with E-state index in [1.54, 1.807) is 12.1 Å². The van der Waals surface area contributed by atoms with E-state index in [1.165, 1.54) is 17.8 Å². The summed E-state index contributed by atoms with van der Waals surface area (Å²) in [4.78, 5) is 1.66. The molecule has 1 nitrogen and oxygen atoms in total. The third kappa shape index (κ3) is 2.92. The van der Waals surface area contributed by atoms with E-state index in [0.29, 0.717) is 4.90 Å². The van der Waals surface area contributed by atoms with Crippen molar-refractivity contribution in [1.82, 2.24) is 0 Å². The van der Waals surface area contributed by atoms with Crippen molar-refractivity contribution in [3.8, 4) is 0 Å². The number of rotatable bonds is 4. The summed E-state index contributed by atoms with van der Waals surface area (Å²) in [6.45, 7) is 2.05. The van der Waals surface area contributed by atoms with Crippen molar-refractivity contribution in [2.45, 2.75) is 29.2 Å². The van der Waals surface area contributed by atoms with Gasteiger partial charge < -0.3 is 5.73 Å². The number of benzene rings is 2. The normalized spacial score (nSPS) is 12.4. The first kappa shape index (κ1) is 13.1. The van der Waals surface area contributed by atoms with Gasteiger partial charge in [0.1, 0.15) is 5.82 Å². The Morgan fingerprint density at radius 1 is 1.06 bits per heavy atom. The van der Waals surface area contributed by atoms with Crippen LogP contribution in [0.5, 0.6) is 0 Å². The Morgan fingerprint density at radius 2 is 1.67 bits per heavy atom. The summed E-state index contributed by atoms with van der Waals surface area (Å²) in [5, 5.41) is 0. The fourth-order valence-electron chi connectivity index (χ4n) is 1.75. The molecule has 94 valence electrons. The lowest BCUT2D eigenvalue weighted by molar-refractivity contribution is 0.602. The summed E-state index contributed by atoms with van der Waals surface area (Å²) in [6.07, 6.45) is 0.870. The summed E-state index contributed by atoms with van der Waals surface area (Å²) in [6, 6.07) is 14.7. The van der Waals surface area contributed by atoms with Crippen LogP contribution in [0.3, 0.4) is 0 Å². The minimum absolute atomic E-state index is 0.000438. The lowest BCUT2D eigenvalue weighted by atomic mass is 10.1. The fraction of sp³-hybridized carbons (Fsp3) is 0.200. The second-order valence-corrected chi connectivity index (χ2v) is 5.17. The van der Waals surface area contributed by atoms with Gasteiger partial charge in [-0.25, -0.2) is 4.39 Å². The molecule has 3 heteroatoms. The van der Waals surface area contributed by atoms with Crippen molar-refractivity contribution < 1.29 is 4.39 Å². The molecule has 0 bridgehead atoms. The highest BCUT2D eigenvalue weighted by Crippen LogP contribution is 2.34. The standard InChI is InChI=1S/C15H16FNS/c1-2-13(17)11-7-3-5-9-14(11)18-15-10-6-4-8-12(15)16/h3-10,13H,2,17H2,1H3/t13-/m1/s1. The van der Waals surface area contributed by atoms with Gasteiger partial charge in [-0.1, -0.05) is 49.0 Å². The third-order valence-corrected chi connectivity index (χ3v) is 3.96. The van der Waals surface area contributed by atoms with E-state index in [2.05, 4.69) is 6.92 Å². The number of hydrogen-bond acceptors (Lipinski definition) is 2. The predicted molar refractivity (Wildman–Crippen MR) is 74.2 cm³/mol. The van der Waals surface area contributed by atoms with Gasteiger partial charge in [0.2, 0.25) is 0 Å². The maximum absolute atomic E-state index is 13.6. The van der Waals surface area contributed by atoms with Crippen molar-refractivity contribution in [3.05, 3.63) is 59.9 Å². The minimum atomic E-state index is -0.192. The van der Waals surface area contributed by atoms with Crippen molar-refractivity contribution in [2.75, 3.05) is 0 Å². The molecule has 0 aromatic heterocycles. The Bertz CT molecular complexity index is 527. The maximum atomic E-state index is 13.6. The SMILES string of the molecule is CC[C@@H](N)c1ccccc1Sc1ccccc1F. The first-order valence-corrected chi connectivity index (χ1v) is 6.81. The van der Waals surface area contributed by atoms with E-state index in [-0.39, 0.29) is 11.9 Å². The summed E-state index contributed by atoms with van der Waals surface area (Å²) >= 11 is 1.43. The molecule has 18 heavy (non-hydrogen) atoms. The van der Waals surface area contributed by atoms with Gasteiger partial charge in [0.25, 0.3) is 0 Å². The van der Waals surface area contributed by atoms with Crippen LogP contribution in [0.4, 0.5) is 4.39 Å². The molecule has 0 aliphatic heterocycles. The van der Waals surface area contributed by atoms with Crippen LogP contribution >= 0.6 is 11.8 Å². The first-order chi connectivity index (χ1) is 8.72. The largest absolute Gasteiger partial charge is 0.324 e. The van der Waals surface area contributed by atoms with Crippen molar-refractivity contribution >= 4 is 11.8 Å². The molecule has 2 aromatic rings. The zero-order chi connectivity index (χ0) is 13.0. The van der Waals surface area contributed by atoms with Crippen LogP contribution in [0.1, 0.15) is 24.9 Å². The molecule has 0 saturated heterocycles. The summed E-state index contributed by atoms with van der Waals surface area (Å²) in [5.41, 5.74) is 7.16. The van der Waals surface area contributed by atoms with E-state index in [9.17, 15) is 4.39 Å². The highest BCUT2D eigenvalue weighted by Gasteiger charge is 2.11. The van der Waals surface area contributed by atoms with E-state index < -0.39 is 0 Å². The summed E-state index contributed by atoms with van der Waals surface area (Å²) < 4.78 is 13.6. The zero-order valence-corrected chi connectivity index (χ0v) is 11.1. The van der Waals surface area contributed by atoms with Gasteiger partial charge in [-0.15, -0.1) is 0 Å². The quantitative estimate of drug-likeness (QED) is 0.883. The molecule has 0 aliphatic carbocycles. The van der Waals surface area contributed by atoms with Crippen molar-refractivity contribution in [2.24, 2.45) is 5.73 Å². The van der Waals surface area contributed by atoms with Crippen molar-refractivity contribution in [3.63, 3.8) is 0 Å². The molecule has 0 radical (unpaired) electrons. The second-order valence-electron chi connectivity index (χ2n) is 4.09. The average Bonchev–Trinajstić information content (AvgIpc) is 2.41. The zero-order valence-electron chi connectivity index (χ0n) is 10.3. The number of halogens is 1.